The molecule has 0 saturated heterocycles. The second-order valence-corrected chi connectivity index (χ2v) is 6.90. The van der Waals surface area contributed by atoms with Crippen LogP contribution in [-0.2, 0) is 4.79 Å². The molecule has 1 aliphatic carbocycles. The number of hydrogen-bond acceptors (Lipinski definition) is 6. The number of non-ortho nitro benzene ring substituents is 1. The lowest BCUT2D eigenvalue weighted by Gasteiger charge is -2.34. The van der Waals surface area contributed by atoms with Crippen LogP contribution in [0.5, 0.6) is 0 Å². The second kappa shape index (κ2) is 8.64. The number of carbonyl (C=O) groups is 2. The Morgan fingerprint density at radius 2 is 2.04 bits per heavy atom. The molecular weight excluding hydrogens is 364 g/mol. The Hall–Kier alpha value is -3.23. The van der Waals surface area contributed by atoms with Gasteiger partial charge < -0.3 is 14.7 Å². The smallest absolute Gasteiger partial charge is 0.270 e. The Labute approximate surface area is 161 Å². The summed E-state index contributed by atoms with van der Waals surface area (Å²) in [4.78, 5) is 37.6. The van der Waals surface area contributed by atoms with E-state index in [-0.39, 0.29) is 35.6 Å². The van der Waals surface area contributed by atoms with Gasteiger partial charge in [0.05, 0.1) is 4.92 Å². The molecule has 148 valence electrons. The summed E-state index contributed by atoms with van der Waals surface area (Å²) < 4.78 is 4.93. The van der Waals surface area contributed by atoms with Crippen LogP contribution in [0.25, 0.3) is 0 Å². The van der Waals surface area contributed by atoms with Gasteiger partial charge in [-0.2, -0.15) is 0 Å². The van der Waals surface area contributed by atoms with E-state index in [9.17, 15) is 19.7 Å². The van der Waals surface area contributed by atoms with E-state index < -0.39 is 10.8 Å². The third-order valence-corrected chi connectivity index (χ3v) is 4.79. The van der Waals surface area contributed by atoms with Crippen molar-refractivity contribution in [3.05, 3.63) is 51.8 Å². The van der Waals surface area contributed by atoms with E-state index >= 15 is 0 Å². The van der Waals surface area contributed by atoms with E-state index in [0.29, 0.717) is 5.76 Å². The number of benzene rings is 1. The zero-order chi connectivity index (χ0) is 20.1. The summed E-state index contributed by atoms with van der Waals surface area (Å²) in [6.07, 6.45) is 4.66. The summed E-state index contributed by atoms with van der Waals surface area (Å²) in [6.45, 7) is 1.56. The van der Waals surface area contributed by atoms with Gasteiger partial charge in [0.25, 0.3) is 11.6 Å². The lowest BCUT2D eigenvalue weighted by Crippen LogP contribution is -2.45. The highest BCUT2D eigenvalue weighted by molar-refractivity contribution is 5.99. The number of carbonyl (C=O) groups excluding carboxylic acids is 2. The average molecular weight is 386 g/mol. The molecule has 1 aromatic heterocycles. The van der Waals surface area contributed by atoms with Crippen LogP contribution >= 0.6 is 0 Å². The minimum atomic E-state index is -0.540. The molecular formula is C19H22N4O5. The summed E-state index contributed by atoms with van der Waals surface area (Å²) in [5.74, 6) is 0.0701. The van der Waals surface area contributed by atoms with E-state index in [4.69, 9.17) is 4.52 Å². The number of nitrogens with zero attached hydrogens (tertiary/aromatic N) is 3. The van der Waals surface area contributed by atoms with Gasteiger partial charge in [-0.05, 0) is 25.8 Å². The first-order chi connectivity index (χ1) is 13.4. The molecule has 3 rings (SSSR count). The first-order valence-corrected chi connectivity index (χ1v) is 9.22. The number of rotatable bonds is 6. The number of nitro groups is 1. The number of amides is 2. The first-order valence-electron chi connectivity index (χ1n) is 9.22. The molecule has 1 aromatic carbocycles. The van der Waals surface area contributed by atoms with Gasteiger partial charge in [0.15, 0.2) is 5.82 Å². The van der Waals surface area contributed by atoms with Crippen LogP contribution < -0.4 is 5.32 Å². The number of nitro benzene ring substituents is 1. The minimum absolute atomic E-state index is 0.0784. The van der Waals surface area contributed by atoms with Gasteiger partial charge in [-0.3, -0.25) is 19.7 Å². The molecule has 2 aromatic rings. The lowest BCUT2D eigenvalue weighted by atomic mass is 9.93. The molecule has 0 spiro atoms. The second-order valence-electron chi connectivity index (χ2n) is 6.90. The molecule has 2 amide bonds. The van der Waals surface area contributed by atoms with Crippen molar-refractivity contribution in [3.63, 3.8) is 0 Å². The Morgan fingerprint density at radius 1 is 1.29 bits per heavy atom. The fraction of sp³-hybridized carbons (Fsp3) is 0.421. The van der Waals surface area contributed by atoms with Crippen molar-refractivity contribution >= 4 is 23.3 Å². The highest BCUT2D eigenvalue weighted by Gasteiger charge is 2.29. The van der Waals surface area contributed by atoms with E-state index in [1.54, 1.807) is 13.0 Å². The Kier molecular flexibility index (Phi) is 6.03. The molecule has 1 aliphatic rings. The van der Waals surface area contributed by atoms with Crippen molar-refractivity contribution in [2.75, 3.05) is 11.9 Å². The maximum absolute atomic E-state index is 13.1. The van der Waals surface area contributed by atoms with Crippen molar-refractivity contribution in [1.82, 2.24) is 10.1 Å². The van der Waals surface area contributed by atoms with E-state index in [2.05, 4.69) is 10.5 Å². The fourth-order valence-corrected chi connectivity index (χ4v) is 3.44. The molecule has 0 aliphatic heterocycles. The molecule has 0 atom stereocenters. The van der Waals surface area contributed by atoms with Gasteiger partial charge in [0.1, 0.15) is 12.3 Å². The molecule has 1 fully saturated rings. The number of aryl methyl sites for hydroxylation is 1. The van der Waals surface area contributed by atoms with E-state index in [0.717, 1.165) is 32.1 Å². The summed E-state index contributed by atoms with van der Waals surface area (Å²) >= 11 is 0. The van der Waals surface area contributed by atoms with Crippen molar-refractivity contribution in [3.8, 4) is 0 Å². The Morgan fingerprint density at radius 3 is 2.68 bits per heavy atom. The van der Waals surface area contributed by atoms with Gasteiger partial charge >= 0.3 is 0 Å². The molecule has 9 nitrogen and oxygen atoms in total. The highest BCUT2D eigenvalue weighted by Crippen LogP contribution is 2.25. The molecule has 9 heteroatoms. The van der Waals surface area contributed by atoms with Crippen molar-refractivity contribution in [1.29, 1.82) is 0 Å². The normalized spacial score (nSPS) is 14.5. The maximum Gasteiger partial charge on any atom is 0.270 e. The number of hydrogen-bond donors (Lipinski definition) is 1. The molecule has 28 heavy (non-hydrogen) atoms. The minimum Gasteiger partial charge on any atom is -0.360 e. The number of nitrogens with one attached hydrogen (secondary N) is 1. The van der Waals surface area contributed by atoms with Crippen molar-refractivity contribution in [2.45, 2.75) is 45.1 Å². The van der Waals surface area contributed by atoms with Crippen LogP contribution in [0.1, 0.15) is 48.2 Å². The molecule has 0 radical (unpaired) electrons. The van der Waals surface area contributed by atoms with Crippen molar-refractivity contribution < 1.29 is 19.0 Å². The van der Waals surface area contributed by atoms with Crippen LogP contribution in [0, 0.1) is 17.0 Å². The topological polar surface area (TPSA) is 119 Å². The molecule has 1 saturated carbocycles. The monoisotopic (exact) mass is 386 g/mol. The van der Waals surface area contributed by atoms with Crippen LogP contribution in [0.3, 0.4) is 0 Å². The Balaban J connectivity index is 1.79. The van der Waals surface area contributed by atoms with Crippen LogP contribution in [0.2, 0.25) is 0 Å². The van der Waals surface area contributed by atoms with Gasteiger partial charge in [-0.25, -0.2) is 0 Å². The average Bonchev–Trinajstić information content (AvgIpc) is 3.11. The first kappa shape index (κ1) is 19.5. The summed E-state index contributed by atoms with van der Waals surface area (Å²) in [5, 5.41) is 17.4. The molecule has 0 bridgehead atoms. The van der Waals surface area contributed by atoms with Crippen molar-refractivity contribution in [2.24, 2.45) is 0 Å². The highest BCUT2D eigenvalue weighted by atomic mass is 16.6. The SMILES string of the molecule is Cc1cc(NC(=O)CN(C(=O)c2cccc([N+](=O)[O-])c2)C2CCCCC2)no1. The standard InChI is InChI=1S/C19H22N4O5/c1-13-10-17(21-28-13)20-18(24)12-22(15-7-3-2-4-8-15)19(25)14-6-5-9-16(11-14)23(26)27/h5-6,9-11,15H,2-4,7-8,12H2,1H3,(H,20,21,24). The summed E-state index contributed by atoms with van der Waals surface area (Å²) in [5.41, 5.74) is 0.0434. The predicted octanol–water partition coefficient (Wildman–Crippen LogP) is 3.30. The van der Waals surface area contributed by atoms with E-state index in [1.165, 1.54) is 29.2 Å². The fourth-order valence-electron chi connectivity index (χ4n) is 3.44. The largest absolute Gasteiger partial charge is 0.360 e. The van der Waals surface area contributed by atoms with Crippen LogP contribution in [0.15, 0.2) is 34.9 Å². The van der Waals surface area contributed by atoms with Gasteiger partial charge in [0, 0.05) is 29.8 Å². The molecule has 1 heterocycles. The summed E-state index contributed by atoms with van der Waals surface area (Å²) in [7, 11) is 0. The maximum atomic E-state index is 13.1. The quantitative estimate of drug-likeness (QED) is 0.601. The zero-order valence-corrected chi connectivity index (χ0v) is 15.6. The van der Waals surface area contributed by atoms with Crippen LogP contribution in [-0.4, -0.2) is 39.4 Å². The van der Waals surface area contributed by atoms with Gasteiger partial charge in [0.2, 0.25) is 5.91 Å². The van der Waals surface area contributed by atoms with Crippen LogP contribution in [0.4, 0.5) is 11.5 Å². The summed E-state index contributed by atoms with van der Waals surface area (Å²) in [6, 6.07) is 7.10. The van der Waals surface area contributed by atoms with Gasteiger partial charge in [-0.1, -0.05) is 30.5 Å². The lowest BCUT2D eigenvalue weighted by molar-refractivity contribution is -0.384. The molecule has 0 unspecified atom stereocenters. The third-order valence-electron chi connectivity index (χ3n) is 4.79. The number of aromatic nitrogens is 1. The zero-order valence-electron chi connectivity index (χ0n) is 15.6. The third kappa shape index (κ3) is 4.73. The number of anilines is 1. The van der Waals surface area contributed by atoms with Gasteiger partial charge in [-0.15, -0.1) is 0 Å². The predicted molar refractivity (Wildman–Crippen MR) is 101 cm³/mol. The molecule has 1 N–H and O–H groups in total. The van der Waals surface area contributed by atoms with E-state index in [1.807, 2.05) is 0 Å². The Bertz CT molecular complexity index is 873.